The van der Waals surface area contributed by atoms with Gasteiger partial charge in [0, 0.05) is 16.5 Å². The van der Waals surface area contributed by atoms with Crippen LogP contribution in [0.3, 0.4) is 0 Å². The van der Waals surface area contributed by atoms with Crippen molar-refractivity contribution in [1.29, 1.82) is 5.26 Å². The van der Waals surface area contributed by atoms with Gasteiger partial charge in [0.2, 0.25) is 0 Å². The number of benzene rings is 1. The van der Waals surface area contributed by atoms with Gasteiger partial charge in [-0.3, -0.25) is 4.79 Å². The number of aryl methyl sites for hydroxylation is 1. The zero-order valence-electron chi connectivity index (χ0n) is 19.2. The minimum Gasteiger partial charge on any atom is -0.478 e. The maximum Gasteiger partial charge on any atom is 0.341 e. The molecule has 184 valence electrons. The zero-order valence-corrected chi connectivity index (χ0v) is 20.8. The van der Waals surface area contributed by atoms with E-state index in [1.165, 1.54) is 29.5 Å². The Kier molecular flexibility index (Phi) is 7.58. The monoisotopic (exact) mass is 524 g/mol. The van der Waals surface area contributed by atoms with E-state index < -0.39 is 17.8 Å². The topological polar surface area (TPSA) is 130 Å². The van der Waals surface area contributed by atoms with Gasteiger partial charge in [0.05, 0.1) is 22.8 Å². The number of nitrogens with zero attached hydrogens (tertiary/aromatic N) is 1. The van der Waals surface area contributed by atoms with Crippen molar-refractivity contribution in [2.24, 2.45) is 0 Å². The minimum absolute atomic E-state index is 0.0733. The van der Waals surface area contributed by atoms with Crippen LogP contribution in [0.15, 0.2) is 40.3 Å². The molecule has 0 unspecified atom stereocenters. The van der Waals surface area contributed by atoms with Gasteiger partial charge >= 0.3 is 11.9 Å². The third kappa shape index (κ3) is 5.20. The van der Waals surface area contributed by atoms with Crippen LogP contribution < -0.4 is 5.32 Å². The van der Waals surface area contributed by atoms with Crippen molar-refractivity contribution in [3.63, 3.8) is 0 Å². The molecule has 10 heteroatoms. The Morgan fingerprint density at radius 2 is 2.03 bits per heavy atom. The van der Waals surface area contributed by atoms with Gasteiger partial charge in [-0.25, -0.2) is 9.59 Å². The molecule has 1 amide bonds. The summed E-state index contributed by atoms with van der Waals surface area (Å²) in [7, 11) is 0. The van der Waals surface area contributed by atoms with E-state index in [1.807, 2.05) is 6.07 Å². The lowest BCUT2D eigenvalue weighted by Crippen LogP contribution is -2.16. The lowest BCUT2D eigenvalue weighted by molar-refractivity contribution is -0.112. The SMILES string of the molecule is CCOC(=O)c1c(NC(=O)/C(C#N)=C/c2ccc(-c3ccc(Cl)c(C(=O)O)c3)o2)sc2c1CCCC2. The van der Waals surface area contributed by atoms with Gasteiger partial charge < -0.3 is 19.6 Å². The first-order valence-corrected chi connectivity index (χ1v) is 12.4. The van der Waals surface area contributed by atoms with Crippen molar-refractivity contribution in [3.8, 4) is 17.4 Å². The largest absolute Gasteiger partial charge is 0.478 e. The third-order valence-corrected chi connectivity index (χ3v) is 7.17. The molecule has 2 heterocycles. The molecule has 4 rings (SSSR count). The molecule has 0 fully saturated rings. The Morgan fingerprint density at radius 1 is 1.25 bits per heavy atom. The molecular formula is C26H21ClN2O6S. The number of thiophene rings is 1. The molecule has 2 aromatic heterocycles. The van der Waals surface area contributed by atoms with E-state index in [0.29, 0.717) is 21.9 Å². The standard InChI is InChI=1S/C26H21ClN2O6S/c1-2-34-26(33)22-17-5-3-4-6-21(17)36-24(22)29-23(30)15(13-28)11-16-8-10-20(35-16)14-7-9-19(27)18(12-14)25(31)32/h7-12H,2-6H2,1H3,(H,29,30)(H,31,32)/b15-11+. The van der Waals surface area contributed by atoms with Crippen LogP contribution in [0.2, 0.25) is 5.02 Å². The quantitative estimate of drug-likeness (QED) is 0.221. The van der Waals surface area contributed by atoms with Crippen molar-refractivity contribution in [3.05, 3.63) is 68.3 Å². The van der Waals surface area contributed by atoms with E-state index in [4.69, 9.17) is 20.8 Å². The zero-order chi connectivity index (χ0) is 25.8. The smallest absolute Gasteiger partial charge is 0.341 e. The summed E-state index contributed by atoms with van der Waals surface area (Å²) >= 11 is 7.26. The average Bonchev–Trinajstić information content (AvgIpc) is 3.47. The molecule has 2 N–H and O–H groups in total. The summed E-state index contributed by atoms with van der Waals surface area (Å²) < 4.78 is 10.9. The summed E-state index contributed by atoms with van der Waals surface area (Å²) in [6, 6.07) is 9.46. The first-order chi connectivity index (χ1) is 17.3. The summed E-state index contributed by atoms with van der Waals surface area (Å²) in [5, 5.41) is 22.1. The number of anilines is 1. The molecule has 3 aromatic rings. The third-order valence-electron chi connectivity index (χ3n) is 5.64. The maximum atomic E-state index is 13.0. The molecule has 1 aliphatic carbocycles. The van der Waals surface area contributed by atoms with Gasteiger partial charge in [0.1, 0.15) is 28.2 Å². The molecule has 8 nitrogen and oxygen atoms in total. The number of rotatable bonds is 7. The predicted molar refractivity (Wildman–Crippen MR) is 135 cm³/mol. The average molecular weight is 525 g/mol. The summed E-state index contributed by atoms with van der Waals surface area (Å²) in [5.41, 5.74) is 1.44. The summed E-state index contributed by atoms with van der Waals surface area (Å²) in [5.74, 6) is -1.78. The second kappa shape index (κ2) is 10.8. The number of hydrogen-bond acceptors (Lipinski definition) is 7. The summed E-state index contributed by atoms with van der Waals surface area (Å²) in [6.45, 7) is 1.93. The van der Waals surface area contributed by atoms with Gasteiger partial charge in [-0.15, -0.1) is 11.3 Å². The van der Waals surface area contributed by atoms with Crippen LogP contribution in [-0.2, 0) is 22.4 Å². The van der Waals surface area contributed by atoms with E-state index in [2.05, 4.69) is 5.32 Å². The lowest BCUT2D eigenvalue weighted by atomic mass is 9.95. The van der Waals surface area contributed by atoms with Crippen LogP contribution in [-0.4, -0.2) is 29.6 Å². The molecule has 0 spiro atoms. The lowest BCUT2D eigenvalue weighted by Gasteiger charge is -2.12. The molecule has 0 bridgehead atoms. The number of nitrogens with one attached hydrogen (secondary N) is 1. The number of nitriles is 1. The number of amides is 1. The highest BCUT2D eigenvalue weighted by Gasteiger charge is 2.28. The number of ether oxygens (including phenoxy) is 1. The molecule has 0 atom stereocenters. The van der Waals surface area contributed by atoms with Crippen LogP contribution in [0.1, 0.15) is 56.7 Å². The number of carboxylic acid groups (broad SMARTS) is 1. The number of halogens is 1. The minimum atomic E-state index is -1.17. The van der Waals surface area contributed by atoms with E-state index in [9.17, 15) is 24.8 Å². The first-order valence-electron chi connectivity index (χ1n) is 11.2. The Morgan fingerprint density at radius 3 is 2.75 bits per heavy atom. The second-order valence-corrected chi connectivity index (χ2v) is 9.47. The van der Waals surface area contributed by atoms with Gasteiger partial charge in [-0.05, 0) is 68.5 Å². The van der Waals surface area contributed by atoms with Crippen molar-refractivity contribution in [2.45, 2.75) is 32.6 Å². The second-order valence-electron chi connectivity index (χ2n) is 7.96. The van der Waals surface area contributed by atoms with Crippen LogP contribution in [0, 0.1) is 11.3 Å². The first kappa shape index (κ1) is 25.2. The van der Waals surface area contributed by atoms with Gasteiger partial charge in [-0.2, -0.15) is 5.26 Å². The van der Waals surface area contributed by atoms with Crippen molar-refractivity contribution in [2.75, 3.05) is 11.9 Å². The maximum absolute atomic E-state index is 13.0. The fourth-order valence-electron chi connectivity index (χ4n) is 3.96. The van der Waals surface area contributed by atoms with Gasteiger partial charge in [0.15, 0.2) is 0 Å². The molecule has 1 aromatic carbocycles. The number of fused-ring (bicyclic) bond motifs is 1. The van der Waals surface area contributed by atoms with E-state index in [-0.39, 0.29) is 28.5 Å². The highest BCUT2D eigenvalue weighted by atomic mass is 35.5. The number of carboxylic acids is 1. The van der Waals surface area contributed by atoms with Gasteiger partial charge in [0.25, 0.3) is 5.91 Å². The Bertz CT molecular complexity index is 1430. The molecule has 1 aliphatic rings. The normalized spacial score (nSPS) is 13.0. The van der Waals surface area contributed by atoms with Crippen LogP contribution in [0.25, 0.3) is 17.4 Å². The molecule has 0 aliphatic heterocycles. The number of furan rings is 1. The van der Waals surface area contributed by atoms with Gasteiger partial charge in [-0.1, -0.05) is 11.6 Å². The molecule has 0 radical (unpaired) electrons. The van der Waals surface area contributed by atoms with Crippen LogP contribution in [0.5, 0.6) is 0 Å². The Labute approximate surface area is 215 Å². The Balaban J connectivity index is 1.60. The Hall–Kier alpha value is -3.87. The molecule has 36 heavy (non-hydrogen) atoms. The van der Waals surface area contributed by atoms with Crippen LogP contribution >= 0.6 is 22.9 Å². The van der Waals surface area contributed by atoms with E-state index in [1.54, 1.807) is 25.1 Å². The number of hydrogen-bond donors (Lipinski definition) is 2. The number of aromatic carboxylic acids is 1. The summed E-state index contributed by atoms with van der Waals surface area (Å²) in [6.07, 6.45) is 4.81. The summed E-state index contributed by atoms with van der Waals surface area (Å²) in [4.78, 5) is 38.0. The molecule has 0 saturated heterocycles. The number of esters is 1. The fraction of sp³-hybridized carbons (Fsp3) is 0.231. The van der Waals surface area contributed by atoms with E-state index in [0.717, 1.165) is 36.1 Å². The number of carbonyl (C=O) groups is 3. The molecular weight excluding hydrogens is 504 g/mol. The number of carbonyl (C=O) groups excluding carboxylic acids is 2. The highest BCUT2D eigenvalue weighted by molar-refractivity contribution is 7.17. The van der Waals surface area contributed by atoms with Crippen molar-refractivity contribution in [1.82, 2.24) is 0 Å². The van der Waals surface area contributed by atoms with Crippen LogP contribution in [0.4, 0.5) is 5.00 Å². The predicted octanol–water partition coefficient (Wildman–Crippen LogP) is 5.96. The van der Waals surface area contributed by atoms with Crippen molar-refractivity contribution >= 4 is 51.9 Å². The van der Waals surface area contributed by atoms with Crippen molar-refractivity contribution < 1.29 is 28.6 Å². The molecule has 0 saturated carbocycles. The fourth-order valence-corrected chi connectivity index (χ4v) is 5.43. The van der Waals surface area contributed by atoms with E-state index >= 15 is 0 Å². The highest BCUT2D eigenvalue weighted by Crippen LogP contribution is 2.39.